The van der Waals surface area contributed by atoms with E-state index in [1.807, 2.05) is 20.8 Å². The van der Waals surface area contributed by atoms with Crippen LogP contribution in [0.1, 0.15) is 76.8 Å². The Labute approximate surface area is 357 Å². The Balaban J connectivity index is 0.000000238. The Bertz CT molecular complexity index is 2630. The number of benzene rings is 4. The molecule has 6 rings (SSSR count). The Morgan fingerprint density at radius 2 is 1.03 bits per heavy atom. The lowest BCUT2D eigenvalue weighted by atomic mass is 10.1. The molecule has 63 heavy (non-hydrogen) atoms. The monoisotopic (exact) mass is 882 g/mol. The predicted molar refractivity (Wildman–Crippen MR) is 221 cm³/mol. The predicted octanol–water partition coefficient (Wildman–Crippen LogP) is 9.01. The number of phenolic OH excluding ortho intramolecular Hbond substituents is 2. The largest absolute Gasteiger partial charge is 0.573 e. The summed E-state index contributed by atoms with van der Waals surface area (Å²) >= 11 is 0. The minimum Gasteiger partial charge on any atom is -0.508 e. The number of nitrogens with zero attached hydrogens (tertiary/aromatic N) is 2. The zero-order valence-corrected chi connectivity index (χ0v) is 34.7. The highest BCUT2D eigenvalue weighted by Gasteiger charge is 2.32. The first kappa shape index (κ1) is 47.1. The van der Waals surface area contributed by atoms with E-state index in [0.717, 1.165) is 37.1 Å². The van der Waals surface area contributed by atoms with E-state index >= 15 is 0 Å². The normalized spacial score (nSPS) is 11.6. The second kappa shape index (κ2) is 19.4. The van der Waals surface area contributed by atoms with Gasteiger partial charge in [0.15, 0.2) is 0 Å². The molecule has 0 radical (unpaired) electrons. The van der Waals surface area contributed by atoms with Gasteiger partial charge in [-0.15, -0.1) is 26.3 Å². The summed E-state index contributed by atoms with van der Waals surface area (Å²) in [4.78, 5) is 51.1. The summed E-state index contributed by atoms with van der Waals surface area (Å²) in [6, 6.07) is 18.1. The highest BCUT2D eigenvalue weighted by atomic mass is 19.4. The fourth-order valence-electron chi connectivity index (χ4n) is 6.93. The van der Waals surface area contributed by atoms with Crippen LogP contribution in [0.2, 0.25) is 0 Å². The number of rotatable bonds is 12. The van der Waals surface area contributed by atoms with Crippen LogP contribution < -0.4 is 20.1 Å². The molecule has 18 heteroatoms. The summed E-state index contributed by atoms with van der Waals surface area (Å²) in [6.45, 7) is 9.58. The van der Waals surface area contributed by atoms with Gasteiger partial charge >= 0.3 is 12.7 Å². The maximum atomic E-state index is 13.2. The van der Waals surface area contributed by atoms with Crippen molar-refractivity contribution in [3.05, 3.63) is 119 Å². The molecule has 0 unspecified atom stereocenters. The summed E-state index contributed by atoms with van der Waals surface area (Å²) in [5.74, 6) is -2.30. The van der Waals surface area contributed by atoms with Crippen molar-refractivity contribution in [3.8, 4) is 23.0 Å². The number of amides is 2. The number of nitrogens with one attached hydrogen (secondary N) is 2. The van der Waals surface area contributed by atoms with Gasteiger partial charge in [-0.25, -0.2) is 0 Å². The minimum absolute atomic E-state index is 0.00259. The molecule has 6 aromatic rings. The summed E-state index contributed by atoms with van der Waals surface area (Å²) in [6.07, 6.45) is -7.84. The number of hydrogen-bond donors (Lipinski definition) is 4. The number of carbonyl (C=O) groups excluding carboxylic acids is 4. The van der Waals surface area contributed by atoms with Crippen LogP contribution in [-0.4, -0.2) is 68.3 Å². The number of hydrogen-bond acceptors (Lipinski definition) is 8. The molecule has 4 aromatic carbocycles. The number of aromatic nitrogens is 2. The minimum atomic E-state index is -4.83. The molecule has 0 aliphatic heterocycles. The summed E-state index contributed by atoms with van der Waals surface area (Å²) < 4.78 is 84.7. The van der Waals surface area contributed by atoms with Crippen molar-refractivity contribution in [1.29, 1.82) is 0 Å². The Hall–Kier alpha value is -6.98. The van der Waals surface area contributed by atoms with Crippen LogP contribution in [0, 0.1) is 13.8 Å². The van der Waals surface area contributed by atoms with Gasteiger partial charge in [-0.1, -0.05) is 13.3 Å². The number of fused-ring (bicyclic) bond motifs is 2. The maximum Gasteiger partial charge on any atom is 0.573 e. The van der Waals surface area contributed by atoms with Crippen molar-refractivity contribution in [2.45, 2.75) is 79.1 Å². The number of alkyl halides is 6. The van der Waals surface area contributed by atoms with Crippen LogP contribution in [0.5, 0.6) is 23.0 Å². The molecular formula is C45H44F6N4O8. The lowest BCUT2D eigenvalue weighted by Crippen LogP contribution is -2.31. The van der Waals surface area contributed by atoms with Gasteiger partial charge in [-0.3, -0.25) is 28.3 Å². The van der Waals surface area contributed by atoms with Crippen molar-refractivity contribution in [3.63, 3.8) is 0 Å². The van der Waals surface area contributed by atoms with Crippen molar-refractivity contribution < 1.29 is 65.2 Å². The van der Waals surface area contributed by atoms with Crippen LogP contribution >= 0.6 is 0 Å². The van der Waals surface area contributed by atoms with Gasteiger partial charge in [-0.05, 0) is 130 Å². The van der Waals surface area contributed by atoms with E-state index in [1.165, 1.54) is 57.7 Å². The van der Waals surface area contributed by atoms with E-state index < -0.39 is 36.0 Å². The molecule has 0 atom stereocenters. The van der Waals surface area contributed by atoms with E-state index in [9.17, 15) is 55.7 Å². The summed E-state index contributed by atoms with van der Waals surface area (Å²) in [5.41, 5.74) is 3.43. The van der Waals surface area contributed by atoms with E-state index in [2.05, 4.69) is 20.1 Å². The lowest BCUT2D eigenvalue weighted by molar-refractivity contribution is -0.275. The van der Waals surface area contributed by atoms with Gasteiger partial charge in [0, 0.05) is 45.9 Å². The molecule has 0 bridgehead atoms. The third-order valence-corrected chi connectivity index (χ3v) is 9.69. The topological polar surface area (TPSA) is 161 Å². The van der Waals surface area contributed by atoms with Crippen LogP contribution in [-0.2, 0) is 22.4 Å². The van der Waals surface area contributed by atoms with Crippen molar-refractivity contribution in [1.82, 2.24) is 19.8 Å². The molecule has 2 heterocycles. The third-order valence-electron chi connectivity index (χ3n) is 9.69. The molecule has 2 aromatic heterocycles. The highest BCUT2D eigenvalue weighted by molar-refractivity contribution is 6.06. The molecule has 12 nitrogen and oxygen atoms in total. The van der Waals surface area contributed by atoms with Crippen molar-refractivity contribution in [2.24, 2.45) is 0 Å². The quantitative estimate of drug-likeness (QED) is 0.0700. The Morgan fingerprint density at radius 3 is 1.40 bits per heavy atom. The summed E-state index contributed by atoms with van der Waals surface area (Å²) in [7, 11) is 0. The van der Waals surface area contributed by atoms with E-state index in [0.29, 0.717) is 50.9 Å². The molecular weight excluding hydrogens is 839 g/mol. The molecule has 0 fully saturated rings. The first-order chi connectivity index (χ1) is 29.6. The van der Waals surface area contributed by atoms with Gasteiger partial charge in [0.1, 0.15) is 23.0 Å². The summed E-state index contributed by atoms with van der Waals surface area (Å²) in [5, 5.41) is 26.6. The van der Waals surface area contributed by atoms with E-state index in [4.69, 9.17) is 0 Å². The number of unbranched alkanes of at least 4 members (excludes halogenated alkanes) is 1. The van der Waals surface area contributed by atoms with Crippen molar-refractivity contribution in [2.75, 3.05) is 6.54 Å². The fourth-order valence-corrected chi connectivity index (χ4v) is 6.93. The van der Waals surface area contributed by atoms with Crippen LogP contribution in [0.3, 0.4) is 0 Å². The van der Waals surface area contributed by atoms with Gasteiger partial charge in [0.05, 0.1) is 23.9 Å². The van der Waals surface area contributed by atoms with E-state index in [1.54, 1.807) is 26.0 Å². The molecule has 4 N–H and O–H groups in total. The average molecular weight is 883 g/mol. The second-order valence-corrected chi connectivity index (χ2v) is 14.7. The Kier molecular flexibility index (Phi) is 14.5. The van der Waals surface area contributed by atoms with Gasteiger partial charge in [0.2, 0.25) is 11.8 Å². The molecule has 0 spiro atoms. The number of carbonyl (C=O) groups is 4. The van der Waals surface area contributed by atoms with Crippen LogP contribution in [0.25, 0.3) is 21.8 Å². The number of phenols is 2. The average Bonchev–Trinajstić information content (AvgIpc) is 3.61. The number of halogens is 6. The molecule has 0 aliphatic rings. The Morgan fingerprint density at radius 1 is 0.635 bits per heavy atom. The van der Waals surface area contributed by atoms with Crippen LogP contribution in [0.15, 0.2) is 84.9 Å². The van der Waals surface area contributed by atoms with Gasteiger partial charge in [0.25, 0.3) is 11.8 Å². The smallest absolute Gasteiger partial charge is 0.508 e. The molecule has 2 amide bonds. The zero-order valence-electron chi connectivity index (χ0n) is 34.7. The first-order valence-electron chi connectivity index (χ1n) is 19.6. The van der Waals surface area contributed by atoms with Gasteiger partial charge in [-0.2, -0.15) is 0 Å². The number of ether oxygens (including phenoxy) is 2. The maximum absolute atomic E-state index is 13.2. The lowest BCUT2D eigenvalue weighted by Gasteiger charge is -2.11. The second-order valence-electron chi connectivity index (χ2n) is 14.7. The first-order valence-corrected chi connectivity index (χ1v) is 19.6. The molecule has 0 saturated carbocycles. The SMILES string of the molecule is CCCCNC(=O)Cc1c(C)n(C(=O)c2ccc(OC(F)(F)F)cc2)c2ccc(O)cc12.Cc1c(CC(=O)NC(C)C)c2cc(O)ccc2n1C(=O)c1ccc(OC(F)(F)F)cc1. The van der Waals surface area contributed by atoms with Crippen molar-refractivity contribution >= 4 is 45.4 Å². The molecule has 0 saturated heterocycles. The fraction of sp³-hybridized carbons (Fsp3) is 0.289. The number of aromatic hydroxyl groups is 2. The van der Waals surface area contributed by atoms with Crippen LogP contribution in [0.4, 0.5) is 26.3 Å². The molecule has 334 valence electrons. The highest BCUT2D eigenvalue weighted by Crippen LogP contribution is 2.33. The van der Waals surface area contributed by atoms with E-state index in [-0.39, 0.29) is 53.3 Å². The zero-order chi connectivity index (χ0) is 46.4. The molecule has 0 aliphatic carbocycles. The van der Waals surface area contributed by atoms with Gasteiger partial charge < -0.3 is 30.3 Å². The standard InChI is InChI=1S/C23H23F3N2O4.C22H21F3N2O4/c1-3-4-11-27-21(30)13-18-14(2)28(20-10-7-16(29)12-19(18)20)22(31)15-5-8-17(9-6-15)32-23(24,25)26;1-12(2)26-20(29)11-17-13(3)27(19-9-6-15(28)10-18(17)19)21(30)14-4-7-16(8-5-14)31-22(23,24)25/h5-10,12,29H,3-4,11,13H2,1-2H3,(H,27,30);4-10,12,28H,11H2,1-3H3,(H,26,29). The third kappa shape index (κ3) is 11.9.